The van der Waals surface area contributed by atoms with Crippen LogP contribution in [0.15, 0.2) is 88.7 Å². The summed E-state index contributed by atoms with van der Waals surface area (Å²) < 4.78 is 15.3. The highest BCUT2D eigenvalue weighted by molar-refractivity contribution is 8.26. The lowest BCUT2D eigenvalue weighted by Crippen LogP contribution is -2.47. The molecule has 0 spiro atoms. The molecule has 10 heteroatoms. The molecule has 0 N–H and O–H groups in total. The first kappa shape index (κ1) is 25.3. The Morgan fingerprint density at radius 2 is 1.59 bits per heavy atom. The number of fused-ring (bicyclic) bond motifs is 1. The second kappa shape index (κ2) is 10.6. The Bertz CT molecular complexity index is 1650. The number of hydrogen-bond donors (Lipinski definition) is 0. The predicted molar refractivity (Wildman–Crippen MR) is 157 cm³/mol. The molecule has 2 aliphatic heterocycles. The summed E-state index contributed by atoms with van der Waals surface area (Å²) in [4.78, 5) is 38.1. The molecule has 4 aromatic rings. The van der Waals surface area contributed by atoms with Gasteiger partial charge in [0, 0.05) is 38.1 Å². The lowest BCUT2D eigenvalue weighted by Gasteiger charge is -2.37. The topological polar surface area (TPSA) is 61.2 Å². The van der Waals surface area contributed by atoms with Crippen molar-refractivity contribution < 1.29 is 9.18 Å². The number of anilines is 2. The molecule has 7 nitrogen and oxygen atoms in total. The van der Waals surface area contributed by atoms with E-state index in [-0.39, 0.29) is 17.3 Å². The van der Waals surface area contributed by atoms with Gasteiger partial charge in [-0.1, -0.05) is 60.4 Å². The molecule has 0 atom stereocenters. The number of hydrogen-bond acceptors (Lipinski definition) is 7. The van der Waals surface area contributed by atoms with E-state index in [0.29, 0.717) is 59.0 Å². The molecule has 39 heavy (non-hydrogen) atoms. The van der Waals surface area contributed by atoms with Crippen LogP contribution in [-0.2, 0) is 11.3 Å². The van der Waals surface area contributed by atoms with Crippen LogP contribution in [0.4, 0.5) is 15.9 Å². The molecule has 2 fully saturated rings. The maximum atomic E-state index is 13.7. The maximum Gasteiger partial charge on any atom is 0.267 e. The van der Waals surface area contributed by atoms with Gasteiger partial charge in [0.05, 0.1) is 17.0 Å². The quantitative estimate of drug-likeness (QED) is 0.263. The molecule has 1 amide bonds. The summed E-state index contributed by atoms with van der Waals surface area (Å²) in [5, 5.41) is 0. The minimum atomic E-state index is -0.267. The van der Waals surface area contributed by atoms with Gasteiger partial charge in [-0.25, -0.2) is 9.37 Å². The second-order valence-corrected chi connectivity index (χ2v) is 11.0. The second-order valence-electron chi connectivity index (χ2n) is 9.29. The fraction of sp³-hybridized carbons (Fsp3) is 0.172. The third-order valence-electron chi connectivity index (χ3n) is 6.85. The van der Waals surface area contributed by atoms with Gasteiger partial charge in [0.2, 0.25) is 0 Å². The Morgan fingerprint density at radius 1 is 0.897 bits per heavy atom. The molecule has 2 aromatic heterocycles. The van der Waals surface area contributed by atoms with Crippen molar-refractivity contribution in [2.24, 2.45) is 0 Å². The summed E-state index contributed by atoms with van der Waals surface area (Å²) in [5.74, 6) is 0.0498. The van der Waals surface area contributed by atoms with Gasteiger partial charge in [-0.05, 0) is 48.0 Å². The number of thiocarbonyl (C=S) groups is 1. The van der Waals surface area contributed by atoms with Crippen molar-refractivity contribution in [1.29, 1.82) is 0 Å². The van der Waals surface area contributed by atoms with Crippen LogP contribution in [-0.4, -0.2) is 50.7 Å². The van der Waals surface area contributed by atoms with E-state index in [2.05, 4.69) is 9.80 Å². The van der Waals surface area contributed by atoms with E-state index in [1.54, 1.807) is 41.4 Å². The highest BCUT2D eigenvalue weighted by Gasteiger charge is 2.33. The Morgan fingerprint density at radius 3 is 2.33 bits per heavy atom. The van der Waals surface area contributed by atoms with Crippen LogP contribution in [0.2, 0.25) is 0 Å². The highest BCUT2D eigenvalue weighted by atomic mass is 32.2. The average Bonchev–Trinajstić information content (AvgIpc) is 3.23. The average molecular weight is 558 g/mol. The number of halogens is 1. The fourth-order valence-corrected chi connectivity index (χ4v) is 6.06. The van der Waals surface area contributed by atoms with Gasteiger partial charge < -0.3 is 9.80 Å². The van der Waals surface area contributed by atoms with Gasteiger partial charge in [0.25, 0.3) is 11.5 Å². The van der Waals surface area contributed by atoms with Gasteiger partial charge in [-0.3, -0.25) is 18.9 Å². The summed E-state index contributed by atoms with van der Waals surface area (Å²) in [7, 11) is 0. The number of aromatic nitrogens is 2. The third kappa shape index (κ3) is 5.05. The van der Waals surface area contributed by atoms with Crippen LogP contribution in [0.25, 0.3) is 11.7 Å². The fourth-order valence-electron chi connectivity index (χ4n) is 4.82. The summed E-state index contributed by atoms with van der Waals surface area (Å²) in [6, 6.07) is 21.5. The maximum absolute atomic E-state index is 13.7. The zero-order valence-corrected chi connectivity index (χ0v) is 22.5. The molecular formula is C29H24FN5O2S2. The minimum Gasteiger partial charge on any atom is -0.368 e. The first-order chi connectivity index (χ1) is 19.0. The molecule has 0 bridgehead atoms. The molecular weight excluding hydrogens is 533 g/mol. The van der Waals surface area contributed by atoms with Gasteiger partial charge in [0.15, 0.2) is 0 Å². The zero-order chi connectivity index (χ0) is 26.9. The summed E-state index contributed by atoms with van der Waals surface area (Å²) in [5.41, 5.74) is 2.57. The van der Waals surface area contributed by atoms with Crippen molar-refractivity contribution in [3.63, 3.8) is 0 Å². The Labute approximate surface area is 234 Å². The number of carbonyl (C=O) groups excluding carboxylic acids is 1. The number of rotatable bonds is 5. The molecule has 0 saturated carbocycles. The van der Waals surface area contributed by atoms with E-state index in [9.17, 15) is 14.0 Å². The SMILES string of the molecule is O=C1C(=Cc2c(N3CCN(c4ccc(F)cc4)CC3)nc3ccccn3c2=O)SC(=S)N1Cc1ccccc1. The van der Waals surface area contributed by atoms with E-state index in [1.165, 1.54) is 28.3 Å². The largest absolute Gasteiger partial charge is 0.368 e. The zero-order valence-electron chi connectivity index (χ0n) is 20.9. The van der Waals surface area contributed by atoms with Gasteiger partial charge >= 0.3 is 0 Å². The Kier molecular flexibility index (Phi) is 6.88. The number of carbonyl (C=O) groups is 1. The predicted octanol–water partition coefficient (Wildman–Crippen LogP) is 4.56. The van der Waals surface area contributed by atoms with Crippen LogP contribution >= 0.6 is 24.0 Å². The normalized spacial score (nSPS) is 17.1. The van der Waals surface area contributed by atoms with E-state index < -0.39 is 0 Å². The number of pyridine rings is 1. The molecule has 2 aromatic carbocycles. The number of benzene rings is 2. The lowest BCUT2D eigenvalue weighted by atomic mass is 10.2. The molecule has 2 aliphatic rings. The molecule has 196 valence electrons. The summed E-state index contributed by atoms with van der Waals surface area (Å²) in [6.45, 7) is 2.96. The van der Waals surface area contributed by atoms with Crippen molar-refractivity contribution in [2.75, 3.05) is 36.0 Å². The first-order valence-electron chi connectivity index (χ1n) is 12.5. The lowest BCUT2D eigenvalue weighted by molar-refractivity contribution is -0.122. The number of piperazine rings is 1. The van der Waals surface area contributed by atoms with E-state index in [0.717, 1.165) is 11.3 Å². The van der Waals surface area contributed by atoms with Crippen LogP contribution in [0, 0.1) is 5.82 Å². The van der Waals surface area contributed by atoms with Crippen molar-refractivity contribution in [1.82, 2.24) is 14.3 Å². The Hall–Kier alpha value is -4.02. The van der Waals surface area contributed by atoms with Crippen LogP contribution in [0.1, 0.15) is 11.1 Å². The standard InChI is InChI=1S/C29H24FN5O2S2/c30-21-9-11-22(12-10-21)32-14-16-33(17-15-32)26-23(27(36)34-13-5-4-8-25(34)31-26)18-24-28(37)35(29(38)39-24)19-20-6-2-1-3-7-20/h1-13,18H,14-17,19H2. The summed E-state index contributed by atoms with van der Waals surface area (Å²) in [6.07, 6.45) is 3.32. The van der Waals surface area contributed by atoms with Gasteiger partial charge in [-0.2, -0.15) is 0 Å². The smallest absolute Gasteiger partial charge is 0.267 e. The summed E-state index contributed by atoms with van der Waals surface area (Å²) >= 11 is 6.73. The highest BCUT2D eigenvalue weighted by Crippen LogP contribution is 2.34. The van der Waals surface area contributed by atoms with Crippen molar-refractivity contribution >= 4 is 57.4 Å². The first-order valence-corrected chi connectivity index (χ1v) is 13.8. The van der Waals surface area contributed by atoms with Gasteiger partial charge in [0.1, 0.15) is 21.6 Å². The molecule has 4 heterocycles. The van der Waals surface area contributed by atoms with Gasteiger partial charge in [-0.15, -0.1) is 0 Å². The van der Waals surface area contributed by atoms with Crippen molar-refractivity contribution in [2.45, 2.75) is 6.54 Å². The van der Waals surface area contributed by atoms with Crippen LogP contribution < -0.4 is 15.4 Å². The van der Waals surface area contributed by atoms with E-state index in [1.807, 2.05) is 36.4 Å². The van der Waals surface area contributed by atoms with Crippen LogP contribution in [0.3, 0.4) is 0 Å². The van der Waals surface area contributed by atoms with Crippen LogP contribution in [0.5, 0.6) is 0 Å². The minimum absolute atomic E-state index is 0.224. The third-order valence-corrected chi connectivity index (χ3v) is 8.23. The number of nitrogens with zero attached hydrogens (tertiary/aromatic N) is 5. The molecule has 0 radical (unpaired) electrons. The molecule has 6 rings (SSSR count). The monoisotopic (exact) mass is 557 g/mol. The van der Waals surface area contributed by atoms with E-state index >= 15 is 0 Å². The van der Waals surface area contributed by atoms with E-state index in [4.69, 9.17) is 17.2 Å². The van der Waals surface area contributed by atoms with Crippen molar-refractivity contribution in [3.05, 3.63) is 111 Å². The Balaban J connectivity index is 1.33. The van der Waals surface area contributed by atoms with Crippen molar-refractivity contribution in [3.8, 4) is 0 Å². The molecule has 0 unspecified atom stereocenters. The molecule has 0 aliphatic carbocycles. The number of thioether (sulfide) groups is 1. The molecule has 2 saturated heterocycles. The number of amides is 1.